The van der Waals surface area contributed by atoms with Gasteiger partial charge in [0.2, 0.25) is 0 Å². The Hall–Kier alpha value is -4.98. The molecule has 2 aliphatic carbocycles. The van der Waals surface area contributed by atoms with Crippen molar-refractivity contribution in [3.63, 3.8) is 0 Å². The van der Waals surface area contributed by atoms with Crippen LogP contribution in [0.25, 0.3) is 43.8 Å². The molecule has 55 heavy (non-hydrogen) atoms. The molecule has 8 rings (SSSR count). The highest BCUT2D eigenvalue weighted by Gasteiger charge is 2.48. The summed E-state index contributed by atoms with van der Waals surface area (Å²) in [6.45, 7) is 4.71. The second kappa shape index (κ2) is 17.2. The smallest absolute Gasteiger partial charge is 0.0654 e. The van der Waals surface area contributed by atoms with E-state index in [0.717, 1.165) is 12.8 Å². The number of benzene rings is 6. The van der Waals surface area contributed by atoms with E-state index in [1.54, 1.807) is 21.5 Å². The van der Waals surface area contributed by atoms with E-state index in [-0.39, 0.29) is 0 Å². The van der Waals surface area contributed by atoms with Crippen LogP contribution in [-0.2, 0) is 12.8 Å². The molecule has 0 nitrogen and oxygen atoms in total. The quantitative estimate of drug-likeness (QED) is 0.0686. The molecule has 0 radical (unpaired) electrons. The summed E-state index contributed by atoms with van der Waals surface area (Å²) in [7, 11) is -2.42. The molecular formula is C54H56Si. The molecule has 0 bridgehead atoms. The molecule has 0 saturated carbocycles. The zero-order valence-corrected chi connectivity index (χ0v) is 34.0. The third-order valence-electron chi connectivity index (χ3n) is 12.5. The first kappa shape index (κ1) is 37.0. The summed E-state index contributed by atoms with van der Waals surface area (Å²) < 4.78 is 0. The van der Waals surface area contributed by atoms with Gasteiger partial charge in [-0.15, -0.1) is 0 Å². The first-order valence-electron chi connectivity index (χ1n) is 21.2. The minimum atomic E-state index is -2.42. The molecule has 0 N–H and O–H groups in total. The van der Waals surface area contributed by atoms with Gasteiger partial charge >= 0.3 is 0 Å². The van der Waals surface area contributed by atoms with Gasteiger partial charge < -0.3 is 0 Å². The van der Waals surface area contributed by atoms with Crippen LogP contribution in [0.3, 0.4) is 0 Å². The summed E-state index contributed by atoms with van der Waals surface area (Å²) >= 11 is 0. The lowest BCUT2D eigenvalue weighted by Gasteiger charge is -2.39. The SMILES string of the molecule is CCCCCC[Si](CCCCCC)(C1=C(c2ccc(-c3ccccc3)cc2)Cc2ccccc21)C1=C(c2ccc(-c3ccccc3)cc2)Cc2ccccc21. The summed E-state index contributed by atoms with van der Waals surface area (Å²) in [6.07, 6.45) is 12.4. The van der Waals surface area contributed by atoms with Crippen molar-refractivity contribution in [1.29, 1.82) is 0 Å². The Morgan fingerprint density at radius 2 is 0.691 bits per heavy atom. The Kier molecular flexibility index (Phi) is 11.6. The molecule has 0 heterocycles. The summed E-state index contributed by atoms with van der Waals surface area (Å²) in [5, 5.41) is 3.49. The molecule has 0 amide bonds. The number of fused-ring (bicyclic) bond motifs is 2. The van der Waals surface area contributed by atoms with E-state index in [9.17, 15) is 0 Å². The largest absolute Gasteiger partial charge is 0.120 e. The lowest BCUT2D eigenvalue weighted by Crippen LogP contribution is -2.39. The average Bonchev–Trinajstić information content (AvgIpc) is 3.84. The number of unbranched alkanes of at least 4 members (excludes halogenated alkanes) is 6. The van der Waals surface area contributed by atoms with Gasteiger partial charge in [0.25, 0.3) is 0 Å². The second-order valence-corrected chi connectivity index (χ2v) is 20.1. The Bertz CT molecular complexity index is 2090. The molecule has 276 valence electrons. The molecule has 2 aliphatic rings. The van der Waals surface area contributed by atoms with Crippen LogP contribution in [0.4, 0.5) is 0 Å². The molecule has 0 aliphatic heterocycles. The van der Waals surface area contributed by atoms with Crippen molar-refractivity contribution < 1.29 is 0 Å². The van der Waals surface area contributed by atoms with Crippen LogP contribution in [0.2, 0.25) is 12.1 Å². The average molecular weight is 733 g/mol. The van der Waals surface area contributed by atoms with Gasteiger partial charge in [0.1, 0.15) is 8.07 Å². The van der Waals surface area contributed by atoms with E-state index in [1.165, 1.54) is 119 Å². The Morgan fingerprint density at radius 1 is 0.345 bits per heavy atom. The zero-order chi connectivity index (χ0) is 37.5. The first-order valence-corrected chi connectivity index (χ1v) is 23.6. The summed E-state index contributed by atoms with van der Waals surface area (Å²) in [6, 6.07) is 62.6. The Labute approximate surface area is 331 Å². The highest BCUT2D eigenvalue weighted by molar-refractivity contribution is 7.12. The van der Waals surface area contributed by atoms with Crippen LogP contribution in [-0.4, -0.2) is 8.07 Å². The maximum atomic E-state index is 2.49. The van der Waals surface area contributed by atoms with Crippen LogP contribution >= 0.6 is 0 Å². The molecule has 0 unspecified atom stereocenters. The number of hydrogen-bond acceptors (Lipinski definition) is 0. The lowest BCUT2D eigenvalue weighted by atomic mass is 9.99. The van der Waals surface area contributed by atoms with Gasteiger partial charge in [0, 0.05) is 0 Å². The fourth-order valence-electron chi connectivity index (χ4n) is 9.75. The Balaban J connectivity index is 1.37. The molecule has 0 saturated heterocycles. The van der Waals surface area contributed by atoms with Crippen molar-refractivity contribution in [2.24, 2.45) is 0 Å². The fraction of sp³-hybridized carbons (Fsp3) is 0.259. The third kappa shape index (κ3) is 7.65. The van der Waals surface area contributed by atoms with Crippen molar-refractivity contribution in [1.82, 2.24) is 0 Å². The second-order valence-electron chi connectivity index (χ2n) is 16.0. The summed E-state index contributed by atoms with van der Waals surface area (Å²) in [5.41, 5.74) is 17.2. The fourth-order valence-corrected chi connectivity index (χ4v) is 16.1. The highest BCUT2D eigenvalue weighted by atomic mass is 28.3. The van der Waals surface area contributed by atoms with Gasteiger partial charge in [-0.2, -0.15) is 0 Å². The van der Waals surface area contributed by atoms with E-state index in [0.29, 0.717) is 0 Å². The van der Waals surface area contributed by atoms with Gasteiger partial charge in [-0.05, 0) is 102 Å². The normalized spacial score (nSPS) is 13.7. The van der Waals surface area contributed by atoms with Gasteiger partial charge in [0.05, 0.1) is 0 Å². The van der Waals surface area contributed by atoms with Gasteiger partial charge in [0.15, 0.2) is 0 Å². The predicted molar refractivity (Wildman–Crippen MR) is 241 cm³/mol. The molecule has 6 aromatic rings. The predicted octanol–water partition coefficient (Wildman–Crippen LogP) is 15.3. The van der Waals surface area contributed by atoms with E-state index in [2.05, 4.69) is 172 Å². The molecule has 0 atom stereocenters. The van der Waals surface area contributed by atoms with E-state index >= 15 is 0 Å². The number of rotatable bonds is 16. The van der Waals surface area contributed by atoms with Gasteiger partial charge in [-0.1, -0.05) is 223 Å². The van der Waals surface area contributed by atoms with Crippen LogP contribution in [0.1, 0.15) is 98.6 Å². The summed E-state index contributed by atoms with van der Waals surface area (Å²) in [5.74, 6) is 0. The first-order chi connectivity index (χ1) is 27.2. The van der Waals surface area contributed by atoms with Gasteiger partial charge in [-0.25, -0.2) is 0 Å². The van der Waals surface area contributed by atoms with Gasteiger partial charge in [-0.3, -0.25) is 0 Å². The lowest BCUT2D eigenvalue weighted by molar-refractivity contribution is 0.685. The van der Waals surface area contributed by atoms with Crippen molar-refractivity contribution in [2.75, 3.05) is 0 Å². The number of hydrogen-bond donors (Lipinski definition) is 0. The molecule has 1 heteroatoms. The van der Waals surface area contributed by atoms with Crippen LogP contribution < -0.4 is 0 Å². The molecule has 6 aromatic carbocycles. The monoisotopic (exact) mass is 732 g/mol. The van der Waals surface area contributed by atoms with E-state index in [1.807, 2.05) is 0 Å². The van der Waals surface area contributed by atoms with Crippen LogP contribution in [0, 0.1) is 0 Å². The van der Waals surface area contributed by atoms with Crippen LogP contribution in [0.15, 0.2) is 158 Å². The minimum Gasteiger partial charge on any atom is -0.0654 e. The zero-order valence-electron chi connectivity index (χ0n) is 33.0. The van der Waals surface area contributed by atoms with Crippen LogP contribution in [0.5, 0.6) is 0 Å². The van der Waals surface area contributed by atoms with Crippen molar-refractivity contribution >= 4 is 29.6 Å². The molecular weight excluding hydrogens is 677 g/mol. The van der Waals surface area contributed by atoms with E-state index in [4.69, 9.17) is 0 Å². The van der Waals surface area contributed by atoms with E-state index < -0.39 is 8.07 Å². The maximum Gasteiger partial charge on any atom is 0.120 e. The highest BCUT2D eigenvalue weighted by Crippen LogP contribution is 2.56. The number of allylic oxidation sites excluding steroid dienone is 2. The molecule has 0 fully saturated rings. The topological polar surface area (TPSA) is 0 Å². The third-order valence-corrected chi connectivity index (χ3v) is 17.9. The van der Waals surface area contributed by atoms with Crippen molar-refractivity contribution in [3.8, 4) is 22.3 Å². The maximum absolute atomic E-state index is 2.49. The van der Waals surface area contributed by atoms with Crippen molar-refractivity contribution in [3.05, 3.63) is 191 Å². The molecule has 0 spiro atoms. The standard InChI is InChI=1S/C54H56Si/c1-3-5-7-19-37-55(38-20-8-6-4-2,53-49-27-17-15-25-47(49)39-51(53)45-33-29-43(30-34-45)41-21-11-9-12-22-41)54-50-28-18-16-26-48(50)40-52(54)46-35-31-44(32-36-46)42-23-13-10-14-24-42/h9-18,21-36H,3-8,19-20,37-40H2,1-2H3. The molecule has 0 aromatic heterocycles. The summed E-state index contributed by atoms with van der Waals surface area (Å²) in [4.78, 5) is 0. The Morgan fingerprint density at radius 3 is 1.09 bits per heavy atom. The minimum absolute atomic E-state index is 1.02. The van der Waals surface area contributed by atoms with Crippen molar-refractivity contribution in [2.45, 2.75) is 90.1 Å².